The summed E-state index contributed by atoms with van der Waals surface area (Å²) in [5, 5.41) is 0.727. The maximum atomic E-state index is 12.9. The summed E-state index contributed by atoms with van der Waals surface area (Å²) in [7, 11) is 3.36. The maximum absolute atomic E-state index is 12.9. The van der Waals surface area contributed by atoms with E-state index in [1.165, 1.54) is 21.6 Å². The first-order chi connectivity index (χ1) is 7.09. The fourth-order valence-corrected chi connectivity index (χ4v) is 1.50. The molecule has 1 aromatic carbocycles. The van der Waals surface area contributed by atoms with Gasteiger partial charge in [-0.1, -0.05) is 0 Å². The van der Waals surface area contributed by atoms with Crippen molar-refractivity contribution in [3.8, 4) is 0 Å². The number of hydrogen-bond donors (Lipinski definition) is 0. The fourth-order valence-electron chi connectivity index (χ4n) is 1.50. The molecule has 0 aliphatic carbocycles. The van der Waals surface area contributed by atoms with Gasteiger partial charge >= 0.3 is 6.03 Å². The van der Waals surface area contributed by atoms with Gasteiger partial charge in [-0.2, -0.15) is 0 Å². The molecule has 0 aliphatic rings. The van der Waals surface area contributed by atoms with Gasteiger partial charge in [-0.25, -0.2) is 9.18 Å². The third-order valence-electron chi connectivity index (χ3n) is 2.24. The molecular weight excluding hydrogens is 195 g/mol. The van der Waals surface area contributed by atoms with Crippen LogP contribution in [0.25, 0.3) is 10.9 Å². The Bertz CT molecular complexity index is 516. The van der Waals surface area contributed by atoms with Crippen molar-refractivity contribution >= 4 is 16.9 Å². The zero-order chi connectivity index (χ0) is 11.0. The smallest absolute Gasteiger partial charge is 0.328 e. The molecule has 0 atom stereocenters. The van der Waals surface area contributed by atoms with Crippen LogP contribution in [0.1, 0.15) is 0 Å². The summed E-state index contributed by atoms with van der Waals surface area (Å²) in [6.45, 7) is 0. The van der Waals surface area contributed by atoms with E-state index in [0.717, 1.165) is 10.9 Å². The molecule has 0 radical (unpaired) electrons. The molecule has 1 heterocycles. The number of nitrogens with zero attached hydrogens (tertiary/aromatic N) is 2. The van der Waals surface area contributed by atoms with E-state index in [2.05, 4.69) is 0 Å². The molecule has 78 valence electrons. The SMILES string of the molecule is CN(C)C(=O)n1ccc2cc(F)ccc21. The molecule has 2 rings (SSSR count). The number of rotatable bonds is 0. The normalized spacial score (nSPS) is 10.6. The maximum Gasteiger partial charge on any atom is 0.328 e. The number of amides is 1. The second-order valence-corrected chi connectivity index (χ2v) is 3.57. The van der Waals surface area contributed by atoms with E-state index in [1.54, 1.807) is 32.4 Å². The highest BCUT2D eigenvalue weighted by Crippen LogP contribution is 2.17. The number of hydrogen-bond acceptors (Lipinski definition) is 1. The second kappa shape index (κ2) is 3.38. The number of fused-ring (bicyclic) bond motifs is 1. The van der Waals surface area contributed by atoms with E-state index in [4.69, 9.17) is 0 Å². The number of aromatic nitrogens is 1. The van der Waals surface area contributed by atoms with Crippen LogP contribution in [0.3, 0.4) is 0 Å². The first-order valence-corrected chi connectivity index (χ1v) is 4.58. The highest BCUT2D eigenvalue weighted by Gasteiger charge is 2.10. The number of carbonyl (C=O) groups excluding carboxylic acids is 1. The molecule has 0 bridgehead atoms. The van der Waals surface area contributed by atoms with E-state index < -0.39 is 0 Å². The summed E-state index contributed by atoms with van der Waals surface area (Å²) in [6.07, 6.45) is 1.65. The molecule has 3 nitrogen and oxygen atoms in total. The van der Waals surface area contributed by atoms with Gasteiger partial charge in [0, 0.05) is 25.7 Å². The van der Waals surface area contributed by atoms with Crippen molar-refractivity contribution in [1.82, 2.24) is 9.47 Å². The van der Waals surface area contributed by atoms with Crippen LogP contribution in [-0.4, -0.2) is 29.6 Å². The lowest BCUT2D eigenvalue weighted by Gasteiger charge is -2.11. The molecule has 0 aliphatic heterocycles. The van der Waals surface area contributed by atoms with E-state index in [1.807, 2.05) is 0 Å². The molecular formula is C11H11FN2O. The minimum absolute atomic E-state index is 0.142. The first kappa shape index (κ1) is 9.71. The van der Waals surface area contributed by atoms with E-state index in [-0.39, 0.29) is 11.8 Å². The second-order valence-electron chi connectivity index (χ2n) is 3.57. The van der Waals surface area contributed by atoms with Gasteiger partial charge in [0.15, 0.2) is 0 Å². The molecule has 0 fully saturated rings. The van der Waals surface area contributed by atoms with Crippen molar-refractivity contribution in [3.05, 3.63) is 36.3 Å². The minimum atomic E-state index is -0.294. The van der Waals surface area contributed by atoms with Gasteiger partial charge in [-0.05, 0) is 24.3 Å². The number of carbonyl (C=O) groups is 1. The predicted octanol–water partition coefficient (Wildman–Crippen LogP) is 2.31. The van der Waals surface area contributed by atoms with Gasteiger partial charge < -0.3 is 4.90 Å². The van der Waals surface area contributed by atoms with Crippen molar-refractivity contribution < 1.29 is 9.18 Å². The van der Waals surface area contributed by atoms with E-state index in [0.29, 0.717) is 0 Å². The van der Waals surface area contributed by atoms with Gasteiger partial charge in [0.05, 0.1) is 5.52 Å². The lowest BCUT2D eigenvalue weighted by molar-refractivity contribution is 0.220. The molecule has 1 aromatic heterocycles. The highest BCUT2D eigenvalue weighted by atomic mass is 19.1. The summed E-state index contributed by atoms with van der Waals surface area (Å²) in [5.74, 6) is -0.294. The first-order valence-electron chi connectivity index (χ1n) is 4.58. The molecule has 2 aromatic rings. The third kappa shape index (κ3) is 1.58. The average molecular weight is 206 g/mol. The van der Waals surface area contributed by atoms with E-state index in [9.17, 15) is 9.18 Å². The summed E-state index contributed by atoms with van der Waals surface area (Å²) < 4.78 is 14.4. The Morgan fingerprint density at radius 1 is 1.33 bits per heavy atom. The monoisotopic (exact) mass is 206 g/mol. The standard InChI is InChI=1S/C11H11FN2O/c1-13(2)11(15)14-6-5-8-7-9(12)3-4-10(8)14/h3-7H,1-2H3. The molecule has 4 heteroatoms. The Morgan fingerprint density at radius 2 is 2.07 bits per heavy atom. The Balaban J connectivity index is 2.59. The van der Waals surface area contributed by atoms with Crippen LogP contribution in [0.15, 0.2) is 30.5 Å². The van der Waals surface area contributed by atoms with Crippen LogP contribution in [0.4, 0.5) is 9.18 Å². The van der Waals surface area contributed by atoms with Crippen molar-refractivity contribution in [2.75, 3.05) is 14.1 Å². The van der Waals surface area contributed by atoms with Crippen molar-refractivity contribution in [3.63, 3.8) is 0 Å². The zero-order valence-corrected chi connectivity index (χ0v) is 8.57. The number of benzene rings is 1. The van der Waals surface area contributed by atoms with Crippen LogP contribution in [0.2, 0.25) is 0 Å². The Labute approximate surface area is 86.7 Å². The Hall–Kier alpha value is -1.84. The summed E-state index contributed by atoms with van der Waals surface area (Å²) in [6, 6.07) is 5.94. The largest absolute Gasteiger partial charge is 0.330 e. The topological polar surface area (TPSA) is 25.2 Å². The minimum Gasteiger partial charge on any atom is -0.330 e. The van der Waals surface area contributed by atoms with Gasteiger partial charge in [-0.15, -0.1) is 0 Å². The number of halogens is 1. The molecule has 0 N–H and O–H groups in total. The van der Waals surface area contributed by atoms with Gasteiger partial charge in [0.2, 0.25) is 0 Å². The van der Waals surface area contributed by atoms with Crippen LogP contribution < -0.4 is 0 Å². The zero-order valence-electron chi connectivity index (χ0n) is 8.57. The summed E-state index contributed by atoms with van der Waals surface area (Å²) >= 11 is 0. The summed E-state index contributed by atoms with van der Waals surface area (Å²) in [4.78, 5) is 13.2. The third-order valence-corrected chi connectivity index (χ3v) is 2.24. The van der Waals surface area contributed by atoms with Gasteiger partial charge in [0.25, 0.3) is 0 Å². The molecule has 1 amide bonds. The summed E-state index contributed by atoms with van der Waals surface area (Å²) in [5.41, 5.74) is 0.718. The van der Waals surface area contributed by atoms with Crippen LogP contribution >= 0.6 is 0 Å². The van der Waals surface area contributed by atoms with Crippen molar-refractivity contribution in [2.24, 2.45) is 0 Å². The Kier molecular flexibility index (Phi) is 2.19. The van der Waals surface area contributed by atoms with Crippen molar-refractivity contribution in [2.45, 2.75) is 0 Å². The van der Waals surface area contributed by atoms with E-state index >= 15 is 0 Å². The quantitative estimate of drug-likeness (QED) is 0.649. The molecule has 0 unspecified atom stereocenters. The lowest BCUT2D eigenvalue weighted by atomic mass is 10.2. The van der Waals surface area contributed by atoms with Gasteiger partial charge in [0.1, 0.15) is 5.82 Å². The highest BCUT2D eigenvalue weighted by molar-refractivity contribution is 5.91. The molecule has 15 heavy (non-hydrogen) atoms. The average Bonchev–Trinajstić information content (AvgIpc) is 2.59. The van der Waals surface area contributed by atoms with Crippen molar-refractivity contribution in [1.29, 1.82) is 0 Å². The Morgan fingerprint density at radius 3 is 2.73 bits per heavy atom. The fraction of sp³-hybridized carbons (Fsp3) is 0.182. The van der Waals surface area contributed by atoms with Gasteiger partial charge in [-0.3, -0.25) is 4.57 Å². The predicted molar refractivity (Wildman–Crippen MR) is 56.4 cm³/mol. The molecule has 0 spiro atoms. The van der Waals surface area contributed by atoms with Crippen LogP contribution in [0.5, 0.6) is 0 Å². The van der Waals surface area contributed by atoms with Crippen LogP contribution in [-0.2, 0) is 0 Å². The lowest BCUT2D eigenvalue weighted by Crippen LogP contribution is -2.26. The molecule has 0 saturated heterocycles. The van der Waals surface area contributed by atoms with Crippen LogP contribution in [0, 0.1) is 5.82 Å². The molecule has 0 saturated carbocycles.